The summed E-state index contributed by atoms with van der Waals surface area (Å²) >= 11 is 0. The van der Waals surface area contributed by atoms with Crippen LogP contribution in [0.3, 0.4) is 0 Å². The Morgan fingerprint density at radius 2 is 1.74 bits per heavy atom. The lowest BCUT2D eigenvalue weighted by Crippen LogP contribution is -2.21. The van der Waals surface area contributed by atoms with Gasteiger partial charge in [-0.15, -0.1) is 19.8 Å². The van der Waals surface area contributed by atoms with E-state index in [9.17, 15) is 31.1 Å². The van der Waals surface area contributed by atoms with Gasteiger partial charge in [0.05, 0.1) is 12.2 Å². The summed E-state index contributed by atoms with van der Waals surface area (Å²) in [6, 6.07) is 10.1. The first-order valence-electron chi connectivity index (χ1n) is 12.5. The third-order valence-corrected chi connectivity index (χ3v) is 5.98. The lowest BCUT2D eigenvalue weighted by atomic mass is 9.98. The molecular weight excluding hydrogens is 526 g/mol. The smallest absolute Gasteiger partial charge is 0.493 e. The topological polar surface area (TPSA) is 48.7 Å². The summed E-state index contributed by atoms with van der Waals surface area (Å²) in [5, 5.41) is 0.385. The van der Waals surface area contributed by atoms with Crippen molar-refractivity contribution in [3.8, 4) is 22.6 Å². The van der Waals surface area contributed by atoms with Gasteiger partial charge in [-0.05, 0) is 56.0 Å². The van der Waals surface area contributed by atoms with E-state index in [4.69, 9.17) is 9.15 Å². The Labute approximate surface area is 222 Å². The van der Waals surface area contributed by atoms with Gasteiger partial charge in [0.15, 0.2) is 0 Å². The van der Waals surface area contributed by atoms with Gasteiger partial charge in [-0.3, -0.25) is 0 Å². The highest BCUT2D eigenvalue weighted by Gasteiger charge is 2.33. The Kier molecular flexibility index (Phi) is 9.74. The minimum atomic E-state index is -4.96. The number of benzene rings is 2. The van der Waals surface area contributed by atoms with Crippen molar-refractivity contribution in [2.24, 2.45) is 5.92 Å². The largest absolute Gasteiger partial charge is 0.573 e. The molecule has 0 spiro atoms. The Bertz CT molecular complexity index is 1340. The van der Waals surface area contributed by atoms with Gasteiger partial charge in [0.2, 0.25) is 0 Å². The first-order chi connectivity index (χ1) is 18.2. The molecular formula is C29H30F6O4. The molecule has 0 saturated heterocycles. The molecule has 0 fully saturated rings. The molecule has 4 nitrogen and oxygen atoms in total. The van der Waals surface area contributed by atoms with E-state index < -0.39 is 36.3 Å². The van der Waals surface area contributed by atoms with Gasteiger partial charge in [0, 0.05) is 29.4 Å². The number of aryl methyl sites for hydroxylation is 1. The average molecular weight is 557 g/mol. The maximum absolute atomic E-state index is 13.2. The van der Waals surface area contributed by atoms with Crippen LogP contribution in [0, 0.1) is 5.92 Å². The Morgan fingerprint density at radius 1 is 1.00 bits per heavy atom. The summed E-state index contributed by atoms with van der Waals surface area (Å²) in [5.74, 6) is -1.16. The highest BCUT2D eigenvalue weighted by atomic mass is 19.4. The van der Waals surface area contributed by atoms with E-state index in [0.29, 0.717) is 22.9 Å². The molecule has 3 aromatic rings. The Morgan fingerprint density at radius 3 is 2.38 bits per heavy atom. The van der Waals surface area contributed by atoms with Crippen molar-refractivity contribution < 1.29 is 40.2 Å². The molecule has 0 radical (unpaired) electrons. The minimum absolute atomic E-state index is 0.0719. The number of ether oxygens (including phenoxy) is 2. The molecule has 0 amide bonds. The summed E-state index contributed by atoms with van der Waals surface area (Å²) in [5.41, 5.74) is 0.215. The third-order valence-electron chi connectivity index (χ3n) is 5.98. The van der Waals surface area contributed by atoms with Crippen LogP contribution in [0.15, 0.2) is 63.8 Å². The lowest BCUT2D eigenvalue weighted by Gasteiger charge is -2.19. The SMILES string of the molecule is C=C(C)CC(COc1ccc2cc(-c3ccc(CCCCC)cc3OC(F)(F)F)c(=O)oc2c1)CC(F)(F)F. The summed E-state index contributed by atoms with van der Waals surface area (Å²) in [7, 11) is 0. The van der Waals surface area contributed by atoms with Gasteiger partial charge in [0.25, 0.3) is 0 Å². The van der Waals surface area contributed by atoms with Gasteiger partial charge >= 0.3 is 18.2 Å². The second-order valence-corrected chi connectivity index (χ2v) is 9.64. The zero-order valence-electron chi connectivity index (χ0n) is 21.7. The van der Waals surface area contributed by atoms with Crippen LogP contribution in [0.4, 0.5) is 26.3 Å². The molecule has 0 saturated carbocycles. The fraction of sp³-hybridized carbons (Fsp3) is 0.414. The fourth-order valence-corrected chi connectivity index (χ4v) is 4.33. The lowest BCUT2D eigenvalue weighted by molar-refractivity contribution is -0.274. The molecule has 2 aromatic carbocycles. The number of halogens is 6. The van der Waals surface area contributed by atoms with Crippen molar-refractivity contribution in [1.82, 2.24) is 0 Å². The Balaban J connectivity index is 1.90. The number of unbranched alkanes of at least 4 members (excludes halogenated alkanes) is 2. The zero-order valence-corrected chi connectivity index (χ0v) is 21.7. The van der Waals surface area contributed by atoms with Gasteiger partial charge in [0.1, 0.15) is 17.1 Å². The molecule has 0 aliphatic carbocycles. The third kappa shape index (κ3) is 9.37. The molecule has 3 rings (SSSR count). The van der Waals surface area contributed by atoms with Crippen LogP contribution in [-0.2, 0) is 6.42 Å². The molecule has 0 N–H and O–H groups in total. The maximum atomic E-state index is 13.2. The van der Waals surface area contributed by atoms with E-state index in [2.05, 4.69) is 11.3 Å². The monoisotopic (exact) mass is 556 g/mol. The van der Waals surface area contributed by atoms with Crippen molar-refractivity contribution in [3.05, 3.63) is 70.6 Å². The van der Waals surface area contributed by atoms with E-state index in [-0.39, 0.29) is 35.5 Å². The summed E-state index contributed by atoms with van der Waals surface area (Å²) in [6.07, 6.45) is -6.99. The maximum Gasteiger partial charge on any atom is 0.573 e. The van der Waals surface area contributed by atoms with Crippen LogP contribution in [0.5, 0.6) is 11.5 Å². The average Bonchev–Trinajstić information content (AvgIpc) is 2.80. The van der Waals surface area contributed by atoms with Gasteiger partial charge in [-0.2, -0.15) is 13.2 Å². The van der Waals surface area contributed by atoms with Crippen LogP contribution < -0.4 is 15.1 Å². The molecule has 1 heterocycles. The highest BCUT2D eigenvalue weighted by Crippen LogP contribution is 2.35. The van der Waals surface area contributed by atoms with E-state index in [1.165, 1.54) is 36.4 Å². The highest BCUT2D eigenvalue weighted by molar-refractivity contribution is 5.84. The second kappa shape index (κ2) is 12.6. The molecule has 1 aromatic heterocycles. The first-order valence-corrected chi connectivity index (χ1v) is 12.5. The number of hydrogen-bond acceptors (Lipinski definition) is 4. The number of rotatable bonds is 12. The van der Waals surface area contributed by atoms with Crippen molar-refractivity contribution in [3.63, 3.8) is 0 Å². The van der Waals surface area contributed by atoms with Gasteiger partial charge < -0.3 is 13.9 Å². The van der Waals surface area contributed by atoms with Gasteiger partial charge in [-0.1, -0.05) is 37.5 Å². The zero-order chi connectivity index (χ0) is 28.8. The quantitative estimate of drug-likeness (QED) is 0.0967. The van der Waals surface area contributed by atoms with Crippen molar-refractivity contribution in [2.45, 2.75) is 64.9 Å². The van der Waals surface area contributed by atoms with Gasteiger partial charge in [-0.25, -0.2) is 4.79 Å². The van der Waals surface area contributed by atoms with E-state index in [1.54, 1.807) is 13.0 Å². The predicted molar refractivity (Wildman–Crippen MR) is 137 cm³/mol. The second-order valence-electron chi connectivity index (χ2n) is 9.64. The number of hydrogen-bond donors (Lipinski definition) is 0. The minimum Gasteiger partial charge on any atom is -0.493 e. The first kappa shape index (κ1) is 30.1. The van der Waals surface area contributed by atoms with Crippen LogP contribution in [0.2, 0.25) is 0 Å². The number of alkyl halides is 6. The van der Waals surface area contributed by atoms with E-state index in [1.807, 2.05) is 6.92 Å². The molecule has 10 heteroatoms. The predicted octanol–water partition coefficient (Wildman–Crippen LogP) is 9.00. The Hall–Kier alpha value is -3.43. The van der Waals surface area contributed by atoms with Crippen LogP contribution >= 0.6 is 0 Å². The number of fused-ring (bicyclic) bond motifs is 1. The van der Waals surface area contributed by atoms with Crippen LogP contribution in [0.25, 0.3) is 22.1 Å². The molecule has 0 aliphatic rings. The molecule has 0 bridgehead atoms. The van der Waals surface area contributed by atoms with Crippen molar-refractivity contribution in [2.75, 3.05) is 6.61 Å². The summed E-state index contributed by atoms with van der Waals surface area (Å²) in [6.45, 7) is 7.09. The van der Waals surface area contributed by atoms with Crippen molar-refractivity contribution in [1.29, 1.82) is 0 Å². The molecule has 212 valence electrons. The van der Waals surface area contributed by atoms with E-state index >= 15 is 0 Å². The normalized spacial score (nSPS) is 12.9. The summed E-state index contributed by atoms with van der Waals surface area (Å²) < 4.78 is 93.4. The molecule has 0 aliphatic heterocycles. The van der Waals surface area contributed by atoms with Crippen molar-refractivity contribution >= 4 is 11.0 Å². The summed E-state index contributed by atoms with van der Waals surface area (Å²) in [4.78, 5) is 12.8. The molecule has 1 unspecified atom stereocenters. The molecule has 1 atom stereocenters. The fourth-order valence-electron chi connectivity index (χ4n) is 4.33. The number of allylic oxidation sites excluding steroid dienone is 1. The standard InChI is InChI=1S/C29H30F6O4/c1-4-5-6-7-19-8-11-23(26(13-19)39-29(33,34)35)24-14-21-9-10-22(15-25(21)38-27(24)36)37-17-20(12-18(2)3)16-28(30,31)32/h8-11,13-15,20H,2,4-7,12,16-17H2,1,3H3. The van der Waals surface area contributed by atoms with Crippen LogP contribution in [0.1, 0.15) is 51.5 Å². The molecule has 39 heavy (non-hydrogen) atoms. The van der Waals surface area contributed by atoms with E-state index in [0.717, 1.165) is 19.3 Å². The van der Waals surface area contributed by atoms with Crippen LogP contribution in [-0.4, -0.2) is 19.1 Å².